The number of esters is 1. The van der Waals surface area contributed by atoms with Gasteiger partial charge in [-0.15, -0.1) is 12.4 Å². The van der Waals surface area contributed by atoms with Crippen LogP contribution in [0.15, 0.2) is 18.3 Å². The smallest absolute Gasteiger partial charge is 0.339 e. The number of likely N-dealkylation sites (tertiary alicyclic amines) is 1. The van der Waals surface area contributed by atoms with E-state index in [4.69, 9.17) is 0 Å². The Morgan fingerprint density at radius 1 is 1.55 bits per heavy atom. The number of nitrogens with one attached hydrogen (secondary N) is 1. The molecule has 0 amide bonds. The van der Waals surface area contributed by atoms with Crippen molar-refractivity contribution in [2.24, 2.45) is 0 Å². The normalized spacial score (nSPS) is 18.6. The van der Waals surface area contributed by atoms with Gasteiger partial charge in [0.05, 0.1) is 18.4 Å². The van der Waals surface area contributed by atoms with Crippen molar-refractivity contribution in [3.8, 4) is 0 Å². The first kappa shape index (κ1) is 16.9. The van der Waals surface area contributed by atoms with E-state index >= 15 is 0 Å². The summed E-state index contributed by atoms with van der Waals surface area (Å²) in [5.41, 5.74) is 1.50. The molecule has 1 aliphatic rings. The average Bonchev–Trinajstić information content (AvgIpc) is 2.86. The minimum Gasteiger partial charge on any atom is -0.465 e. The van der Waals surface area contributed by atoms with E-state index in [9.17, 15) is 4.79 Å². The summed E-state index contributed by atoms with van der Waals surface area (Å²) in [4.78, 5) is 18.1. The second-order valence-corrected chi connectivity index (χ2v) is 4.85. The van der Waals surface area contributed by atoms with E-state index in [1.807, 2.05) is 13.1 Å². The van der Waals surface area contributed by atoms with E-state index in [0.717, 1.165) is 25.3 Å². The first-order valence-corrected chi connectivity index (χ1v) is 6.66. The summed E-state index contributed by atoms with van der Waals surface area (Å²) in [5.74, 6) is -0.340. The number of likely N-dealkylation sites (N-methyl/N-ethyl adjacent to an activating group) is 1. The SMILES string of the molecule is CNCC1CCCN1Cc1ccc(C(=O)OC)cn1.Cl. The molecule has 20 heavy (non-hydrogen) atoms. The molecule has 1 aliphatic heterocycles. The molecule has 0 saturated carbocycles. The molecule has 6 heteroatoms. The summed E-state index contributed by atoms with van der Waals surface area (Å²) in [5, 5.41) is 3.23. The fourth-order valence-corrected chi connectivity index (χ4v) is 2.53. The molecule has 112 valence electrons. The number of hydrogen-bond acceptors (Lipinski definition) is 5. The lowest BCUT2D eigenvalue weighted by molar-refractivity contribution is 0.0600. The van der Waals surface area contributed by atoms with E-state index in [0.29, 0.717) is 11.6 Å². The van der Waals surface area contributed by atoms with E-state index in [2.05, 4.69) is 19.9 Å². The molecule has 1 aromatic heterocycles. The number of nitrogens with zero attached hydrogens (tertiary/aromatic N) is 2. The van der Waals surface area contributed by atoms with Crippen LogP contribution in [0.3, 0.4) is 0 Å². The summed E-state index contributed by atoms with van der Waals surface area (Å²) in [7, 11) is 3.36. The summed E-state index contributed by atoms with van der Waals surface area (Å²) < 4.78 is 4.66. The Morgan fingerprint density at radius 3 is 2.95 bits per heavy atom. The first-order valence-electron chi connectivity index (χ1n) is 6.66. The zero-order valence-electron chi connectivity index (χ0n) is 12.0. The van der Waals surface area contributed by atoms with E-state index < -0.39 is 0 Å². The van der Waals surface area contributed by atoms with Gasteiger partial charge in [-0.2, -0.15) is 0 Å². The molecule has 1 unspecified atom stereocenters. The maximum atomic E-state index is 11.3. The highest BCUT2D eigenvalue weighted by molar-refractivity contribution is 5.88. The molecule has 5 nitrogen and oxygen atoms in total. The van der Waals surface area contributed by atoms with Gasteiger partial charge in [-0.25, -0.2) is 4.79 Å². The molecule has 1 fully saturated rings. The molecule has 0 aliphatic carbocycles. The third-order valence-corrected chi connectivity index (χ3v) is 3.55. The summed E-state index contributed by atoms with van der Waals surface area (Å²) in [6, 6.07) is 4.27. The third kappa shape index (κ3) is 4.16. The van der Waals surface area contributed by atoms with Crippen LogP contribution >= 0.6 is 12.4 Å². The quantitative estimate of drug-likeness (QED) is 0.835. The van der Waals surface area contributed by atoms with Gasteiger partial charge in [0.25, 0.3) is 0 Å². The second kappa shape index (κ2) is 8.19. The number of rotatable bonds is 5. The average molecular weight is 300 g/mol. The monoisotopic (exact) mass is 299 g/mol. The minimum atomic E-state index is -0.340. The molecule has 0 spiro atoms. The summed E-state index contributed by atoms with van der Waals surface area (Å²) in [6.07, 6.45) is 4.07. The van der Waals surface area contributed by atoms with Gasteiger partial charge in [0.1, 0.15) is 0 Å². The van der Waals surface area contributed by atoms with E-state index in [1.165, 1.54) is 20.0 Å². The van der Waals surface area contributed by atoms with Crippen LogP contribution in [-0.4, -0.2) is 49.1 Å². The van der Waals surface area contributed by atoms with Crippen molar-refractivity contribution in [2.45, 2.75) is 25.4 Å². The van der Waals surface area contributed by atoms with Crippen LogP contribution in [0.4, 0.5) is 0 Å². The molecule has 1 N–H and O–H groups in total. The number of pyridine rings is 1. The molecule has 0 aromatic carbocycles. The highest BCUT2D eigenvalue weighted by Gasteiger charge is 2.23. The second-order valence-electron chi connectivity index (χ2n) is 4.85. The number of carbonyl (C=O) groups excluding carboxylic acids is 1. The number of carbonyl (C=O) groups is 1. The third-order valence-electron chi connectivity index (χ3n) is 3.55. The topological polar surface area (TPSA) is 54.5 Å². The minimum absolute atomic E-state index is 0. The Balaban J connectivity index is 0.00000200. The van der Waals surface area contributed by atoms with Crippen LogP contribution in [0.2, 0.25) is 0 Å². The molecule has 2 heterocycles. The van der Waals surface area contributed by atoms with Crippen LogP contribution in [-0.2, 0) is 11.3 Å². The standard InChI is InChI=1S/C14H21N3O2.ClH/c1-15-9-13-4-3-7-17(13)10-12-6-5-11(8-16-12)14(18)19-2;/h5-6,8,13,15H,3-4,7,9-10H2,1-2H3;1H. The molecule has 1 atom stereocenters. The lowest BCUT2D eigenvalue weighted by Gasteiger charge is -2.23. The van der Waals surface area contributed by atoms with Crippen LogP contribution in [0.1, 0.15) is 28.9 Å². The number of methoxy groups -OCH3 is 1. The number of halogens is 1. The fraction of sp³-hybridized carbons (Fsp3) is 0.571. The molecular weight excluding hydrogens is 278 g/mol. The van der Waals surface area contributed by atoms with Gasteiger partial charge in [0.15, 0.2) is 0 Å². The van der Waals surface area contributed by atoms with Crippen molar-refractivity contribution < 1.29 is 9.53 Å². The molecule has 2 rings (SSSR count). The molecule has 1 aromatic rings. The Morgan fingerprint density at radius 2 is 2.35 bits per heavy atom. The summed E-state index contributed by atoms with van der Waals surface area (Å²) >= 11 is 0. The maximum Gasteiger partial charge on any atom is 0.339 e. The number of aromatic nitrogens is 1. The van der Waals surface area contributed by atoms with Crippen LogP contribution in [0.25, 0.3) is 0 Å². The fourth-order valence-electron chi connectivity index (χ4n) is 2.53. The number of hydrogen-bond donors (Lipinski definition) is 1. The van der Waals surface area contributed by atoms with Gasteiger partial charge >= 0.3 is 5.97 Å². The molecule has 1 saturated heterocycles. The predicted molar refractivity (Wildman–Crippen MR) is 80.2 cm³/mol. The first-order chi connectivity index (χ1) is 9.24. The Labute approximate surface area is 126 Å². The highest BCUT2D eigenvalue weighted by Crippen LogP contribution is 2.18. The van der Waals surface area contributed by atoms with Gasteiger partial charge in [0.2, 0.25) is 0 Å². The van der Waals surface area contributed by atoms with Crippen molar-refractivity contribution in [3.05, 3.63) is 29.6 Å². The van der Waals surface area contributed by atoms with Crippen molar-refractivity contribution in [2.75, 3.05) is 27.2 Å². The molecule has 0 bridgehead atoms. The lowest BCUT2D eigenvalue weighted by atomic mass is 10.2. The lowest BCUT2D eigenvalue weighted by Crippen LogP contribution is -2.36. The van der Waals surface area contributed by atoms with Gasteiger partial charge in [0, 0.05) is 25.3 Å². The highest BCUT2D eigenvalue weighted by atomic mass is 35.5. The maximum absolute atomic E-state index is 11.3. The zero-order chi connectivity index (χ0) is 13.7. The van der Waals surface area contributed by atoms with Gasteiger partial charge < -0.3 is 10.1 Å². The van der Waals surface area contributed by atoms with E-state index in [-0.39, 0.29) is 18.4 Å². The molecule has 0 radical (unpaired) electrons. The van der Waals surface area contributed by atoms with Crippen LogP contribution < -0.4 is 5.32 Å². The van der Waals surface area contributed by atoms with Gasteiger partial charge in [-0.05, 0) is 38.6 Å². The van der Waals surface area contributed by atoms with Crippen molar-refractivity contribution in [1.82, 2.24) is 15.2 Å². The Hall–Kier alpha value is -1.17. The largest absolute Gasteiger partial charge is 0.465 e. The Bertz CT molecular complexity index is 425. The van der Waals surface area contributed by atoms with Gasteiger partial charge in [-0.3, -0.25) is 9.88 Å². The summed E-state index contributed by atoms with van der Waals surface area (Å²) in [6.45, 7) is 2.97. The Kier molecular flexibility index (Phi) is 6.91. The van der Waals surface area contributed by atoms with Crippen molar-refractivity contribution in [1.29, 1.82) is 0 Å². The van der Waals surface area contributed by atoms with Gasteiger partial charge in [-0.1, -0.05) is 0 Å². The van der Waals surface area contributed by atoms with E-state index in [1.54, 1.807) is 12.3 Å². The van der Waals surface area contributed by atoms with Crippen LogP contribution in [0.5, 0.6) is 0 Å². The predicted octanol–water partition coefficient (Wildman–Crippen LogP) is 1.47. The van der Waals surface area contributed by atoms with Crippen molar-refractivity contribution >= 4 is 18.4 Å². The number of ether oxygens (including phenoxy) is 1. The van der Waals surface area contributed by atoms with Crippen molar-refractivity contribution in [3.63, 3.8) is 0 Å². The zero-order valence-corrected chi connectivity index (χ0v) is 12.8. The van der Waals surface area contributed by atoms with Crippen LogP contribution in [0, 0.1) is 0 Å². The molecular formula is C14H22ClN3O2.